The Labute approximate surface area is 171 Å². The molecule has 158 valence electrons. The molecule has 0 saturated heterocycles. The molecule has 0 spiro atoms. The minimum absolute atomic E-state index is 0.100. The van der Waals surface area contributed by atoms with Gasteiger partial charge in [-0.2, -0.15) is 0 Å². The van der Waals surface area contributed by atoms with Crippen molar-refractivity contribution >= 4 is 24.8 Å². The van der Waals surface area contributed by atoms with E-state index in [0.29, 0.717) is 19.3 Å². The lowest BCUT2D eigenvalue weighted by atomic mass is 9.64. The van der Waals surface area contributed by atoms with Gasteiger partial charge in [-0.3, -0.25) is 9.59 Å². The first kappa shape index (κ1) is 22.9. The quantitative estimate of drug-likeness (QED) is 0.343. The molecule has 0 radical (unpaired) electrons. The molecule has 1 aliphatic rings. The number of esters is 2. The number of hydrogen-bond acceptors (Lipinski definition) is 7. The molecule has 1 aromatic carbocycles. The van der Waals surface area contributed by atoms with Crippen molar-refractivity contribution in [3.63, 3.8) is 0 Å². The predicted molar refractivity (Wildman–Crippen MR) is 108 cm³/mol. The number of ketones is 1. The minimum Gasteiger partial charge on any atom is -0.535 e. The molecule has 0 fully saturated rings. The molecule has 0 saturated carbocycles. The van der Waals surface area contributed by atoms with Gasteiger partial charge in [-0.25, -0.2) is 4.79 Å². The van der Waals surface area contributed by atoms with Crippen molar-refractivity contribution in [1.82, 2.24) is 0 Å². The van der Waals surface area contributed by atoms with Gasteiger partial charge in [0.2, 0.25) is 6.79 Å². The maximum atomic E-state index is 12.4. The van der Waals surface area contributed by atoms with Crippen molar-refractivity contribution in [3.8, 4) is 5.75 Å². The summed E-state index contributed by atoms with van der Waals surface area (Å²) in [7, 11) is -1.17. The Morgan fingerprint density at radius 2 is 1.86 bits per heavy atom. The number of fused-ring (bicyclic) bond motifs is 1. The van der Waals surface area contributed by atoms with Crippen LogP contribution in [0.1, 0.15) is 74.7 Å². The van der Waals surface area contributed by atoms with E-state index in [1.165, 1.54) is 6.07 Å². The Kier molecular flexibility index (Phi) is 9.18. The van der Waals surface area contributed by atoms with E-state index in [2.05, 4.69) is 0 Å². The van der Waals surface area contributed by atoms with Gasteiger partial charge in [0.25, 0.3) is 0 Å². The number of carbonyl (C=O) groups is 3. The Hall–Kier alpha value is -2.35. The monoisotopic (exact) mass is 404 g/mol. The number of unbranched alkanes of at least 4 members (excludes halogenated alkanes) is 2. The van der Waals surface area contributed by atoms with Crippen LogP contribution < -0.4 is 4.65 Å². The highest BCUT2D eigenvalue weighted by Crippen LogP contribution is 2.36. The number of benzene rings is 1. The summed E-state index contributed by atoms with van der Waals surface area (Å²) in [4.78, 5) is 35.9. The summed E-state index contributed by atoms with van der Waals surface area (Å²) in [6, 6.07) is 5.02. The maximum Gasteiger partial charge on any atom is 0.526 e. The Bertz CT molecular complexity index is 719. The second kappa shape index (κ2) is 11.6. The fourth-order valence-electron chi connectivity index (χ4n) is 3.21. The molecular weight excluding hydrogens is 375 g/mol. The first-order valence-corrected chi connectivity index (χ1v) is 10.3. The average molecular weight is 404 g/mol. The third-order valence-corrected chi connectivity index (χ3v) is 4.88. The van der Waals surface area contributed by atoms with Crippen LogP contribution in [0.3, 0.4) is 0 Å². The lowest BCUT2D eigenvalue weighted by Gasteiger charge is -2.28. The third-order valence-electron chi connectivity index (χ3n) is 4.88. The Morgan fingerprint density at radius 1 is 1.14 bits per heavy atom. The highest BCUT2D eigenvalue weighted by Gasteiger charge is 2.37. The van der Waals surface area contributed by atoms with E-state index in [-0.39, 0.29) is 35.8 Å². The van der Waals surface area contributed by atoms with Crippen molar-refractivity contribution in [2.45, 2.75) is 71.0 Å². The highest BCUT2D eigenvalue weighted by atomic mass is 16.7. The van der Waals surface area contributed by atoms with E-state index in [4.69, 9.17) is 14.1 Å². The third kappa shape index (κ3) is 6.89. The van der Waals surface area contributed by atoms with Gasteiger partial charge >= 0.3 is 19.1 Å². The molecule has 0 bridgehead atoms. The molecule has 29 heavy (non-hydrogen) atoms. The SMILES string of the molecule is CCCCC(=O)C[C@H]1Cc2cccc(C(=O)OCOC(=O)CCCC)c2OB1O. The molecule has 0 unspecified atom stereocenters. The van der Waals surface area contributed by atoms with Crippen LogP contribution >= 0.6 is 0 Å². The zero-order valence-electron chi connectivity index (χ0n) is 17.1. The van der Waals surface area contributed by atoms with Crippen LogP contribution in [0.15, 0.2) is 18.2 Å². The van der Waals surface area contributed by atoms with E-state index < -0.39 is 25.8 Å². The second-order valence-electron chi connectivity index (χ2n) is 7.28. The summed E-state index contributed by atoms with van der Waals surface area (Å²) in [5.74, 6) is -1.12. The molecule has 1 N–H and O–H groups in total. The van der Waals surface area contributed by atoms with E-state index in [1.807, 2.05) is 13.8 Å². The van der Waals surface area contributed by atoms with Gasteiger partial charge in [-0.1, -0.05) is 38.8 Å². The van der Waals surface area contributed by atoms with Crippen molar-refractivity contribution in [2.24, 2.45) is 0 Å². The summed E-state index contributed by atoms with van der Waals surface area (Å²) in [5.41, 5.74) is 0.889. The summed E-state index contributed by atoms with van der Waals surface area (Å²) in [5, 5.41) is 10.3. The van der Waals surface area contributed by atoms with Crippen LogP contribution in [0.2, 0.25) is 5.82 Å². The van der Waals surface area contributed by atoms with Gasteiger partial charge < -0.3 is 19.2 Å². The fraction of sp³-hybridized carbons (Fsp3) is 0.571. The molecule has 8 heteroatoms. The molecule has 1 heterocycles. The van der Waals surface area contributed by atoms with Gasteiger partial charge in [-0.05, 0) is 30.9 Å². The topological polar surface area (TPSA) is 99.1 Å². The van der Waals surface area contributed by atoms with Crippen molar-refractivity contribution < 1.29 is 33.5 Å². The molecule has 0 amide bonds. The smallest absolute Gasteiger partial charge is 0.526 e. The predicted octanol–water partition coefficient (Wildman–Crippen LogP) is 3.47. The van der Waals surface area contributed by atoms with Crippen LogP contribution in [0.4, 0.5) is 0 Å². The van der Waals surface area contributed by atoms with Gasteiger partial charge in [0, 0.05) is 25.1 Å². The van der Waals surface area contributed by atoms with E-state index >= 15 is 0 Å². The lowest BCUT2D eigenvalue weighted by molar-refractivity contribution is -0.152. The van der Waals surface area contributed by atoms with E-state index in [9.17, 15) is 19.4 Å². The first-order valence-electron chi connectivity index (χ1n) is 10.3. The highest BCUT2D eigenvalue weighted by molar-refractivity contribution is 6.47. The van der Waals surface area contributed by atoms with Crippen molar-refractivity contribution in [1.29, 1.82) is 0 Å². The minimum atomic E-state index is -1.17. The molecule has 1 aromatic rings. The molecule has 0 aliphatic carbocycles. The van der Waals surface area contributed by atoms with Crippen LogP contribution in [0.5, 0.6) is 5.75 Å². The van der Waals surface area contributed by atoms with Gasteiger partial charge in [-0.15, -0.1) is 0 Å². The first-order chi connectivity index (χ1) is 14.0. The zero-order valence-corrected chi connectivity index (χ0v) is 17.1. The van der Waals surface area contributed by atoms with E-state index in [1.54, 1.807) is 12.1 Å². The molecule has 1 atom stereocenters. The molecule has 2 rings (SSSR count). The van der Waals surface area contributed by atoms with Crippen molar-refractivity contribution in [2.75, 3.05) is 6.79 Å². The van der Waals surface area contributed by atoms with Crippen LogP contribution in [0, 0.1) is 0 Å². The number of ether oxygens (including phenoxy) is 2. The van der Waals surface area contributed by atoms with Crippen molar-refractivity contribution in [3.05, 3.63) is 29.3 Å². The van der Waals surface area contributed by atoms with E-state index in [0.717, 1.165) is 24.8 Å². The maximum absolute atomic E-state index is 12.4. The fourth-order valence-corrected chi connectivity index (χ4v) is 3.21. The number of Topliss-reactive ketones (excluding diaryl/α,β-unsaturated/α-hetero) is 1. The van der Waals surface area contributed by atoms with Crippen LogP contribution in [0.25, 0.3) is 0 Å². The Morgan fingerprint density at radius 3 is 2.59 bits per heavy atom. The Balaban J connectivity index is 1.97. The van der Waals surface area contributed by atoms with Gasteiger partial charge in [0.1, 0.15) is 17.1 Å². The van der Waals surface area contributed by atoms with Gasteiger partial charge in [0.05, 0.1) is 0 Å². The summed E-state index contributed by atoms with van der Waals surface area (Å²) >= 11 is 0. The lowest BCUT2D eigenvalue weighted by Crippen LogP contribution is -2.36. The summed E-state index contributed by atoms with van der Waals surface area (Å²) < 4.78 is 15.5. The zero-order chi connectivity index (χ0) is 21.2. The molecule has 1 aliphatic heterocycles. The van der Waals surface area contributed by atoms with Crippen LogP contribution in [-0.4, -0.2) is 36.7 Å². The number of hydrogen-bond donors (Lipinski definition) is 1. The largest absolute Gasteiger partial charge is 0.535 e. The summed E-state index contributed by atoms with van der Waals surface area (Å²) in [6.07, 6.45) is 4.81. The molecule has 0 aromatic heterocycles. The molecular formula is C21H29BO7. The normalized spacial score (nSPS) is 15.3. The summed E-state index contributed by atoms with van der Waals surface area (Å²) in [6.45, 7) is 3.52. The standard InChI is InChI=1S/C21H29BO7/c1-3-5-9-17(23)13-16-12-15-8-7-10-18(20(15)29-22(16)26)21(25)28-14-27-19(24)11-6-4-2/h7-8,10,16,26H,3-6,9,11-14H2,1-2H3/t16-/m1/s1. The second-order valence-corrected chi connectivity index (χ2v) is 7.28. The molecule has 7 nitrogen and oxygen atoms in total. The number of rotatable bonds is 11. The average Bonchev–Trinajstić information content (AvgIpc) is 2.70. The van der Waals surface area contributed by atoms with Gasteiger partial charge in [0.15, 0.2) is 0 Å². The number of carbonyl (C=O) groups excluding carboxylic acids is 3. The van der Waals surface area contributed by atoms with Crippen LogP contribution in [-0.2, 0) is 25.5 Å². The number of para-hydroxylation sites is 1.